The van der Waals surface area contributed by atoms with Gasteiger partial charge in [-0.25, -0.2) is 4.79 Å². The number of nitrogens with two attached hydrogens (primary N) is 2. The lowest BCUT2D eigenvalue weighted by Crippen LogP contribution is -2.21. The topological polar surface area (TPSA) is 128 Å². The molecule has 0 amide bonds. The molecule has 0 aliphatic heterocycles. The van der Waals surface area contributed by atoms with Crippen molar-refractivity contribution >= 4 is 12.0 Å². The number of rotatable bonds is 3. The van der Waals surface area contributed by atoms with E-state index in [0.29, 0.717) is 11.8 Å². The van der Waals surface area contributed by atoms with E-state index >= 15 is 0 Å². The quantitative estimate of drug-likeness (QED) is 0.763. The maximum absolute atomic E-state index is 10.6. The Labute approximate surface area is 106 Å². The molecule has 0 aromatic carbocycles. The molecule has 0 spiro atoms. The van der Waals surface area contributed by atoms with E-state index in [1.54, 1.807) is 0 Å². The second kappa shape index (κ2) is 6.92. The highest BCUT2D eigenvalue weighted by molar-refractivity contribution is 5.73. The first kappa shape index (κ1) is 17.2. The van der Waals surface area contributed by atoms with Gasteiger partial charge in [0.1, 0.15) is 0 Å². The molecule has 7 nitrogen and oxygen atoms in total. The molecule has 1 aromatic heterocycles. The van der Waals surface area contributed by atoms with E-state index in [4.69, 9.17) is 25.8 Å². The highest BCUT2D eigenvalue weighted by Gasteiger charge is 2.38. The first-order valence-corrected chi connectivity index (χ1v) is 5.24. The van der Waals surface area contributed by atoms with E-state index < -0.39 is 12.1 Å². The predicted octanol–water partition coefficient (Wildman–Crippen LogP) is 1.33. The summed E-state index contributed by atoms with van der Waals surface area (Å²) in [5.41, 5.74) is 11.1. The summed E-state index contributed by atoms with van der Waals surface area (Å²) in [6, 6.07) is -0.136. The van der Waals surface area contributed by atoms with Crippen molar-refractivity contribution in [2.75, 3.05) is 5.73 Å². The van der Waals surface area contributed by atoms with E-state index in [1.165, 1.54) is 0 Å². The van der Waals surface area contributed by atoms with Gasteiger partial charge in [0, 0.05) is 0 Å². The zero-order valence-corrected chi connectivity index (χ0v) is 10.3. The number of carbonyl (C=O) groups is 1. The fraction of sp³-hybridized carbons (Fsp3) is 0.667. The fourth-order valence-corrected chi connectivity index (χ4v) is 0.879. The third-order valence-corrected chi connectivity index (χ3v) is 2.24. The number of alkyl halides is 3. The summed E-state index contributed by atoms with van der Waals surface area (Å²) in [5, 5.41) is 14.4. The van der Waals surface area contributed by atoms with E-state index in [9.17, 15) is 13.2 Å². The molecule has 19 heavy (non-hydrogen) atoms. The highest BCUT2D eigenvalue weighted by Crippen LogP contribution is 2.20. The van der Waals surface area contributed by atoms with Gasteiger partial charge >= 0.3 is 18.2 Å². The number of nitrogen functional groups attached to an aromatic ring is 1. The fourth-order valence-electron chi connectivity index (χ4n) is 0.879. The molecular weight excluding hydrogens is 269 g/mol. The second-order valence-electron chi connectivity index (χ2n) is 3.69. The minimum Gasteiger partial charge on any atom is -0.475 e. The summed E-state index contributed by atoms with van der Waals surface area (Å²) in [4.78, 5) is 8.90. The van der Waals surface area contributed by atoms with Gasteiger partial charge in [-0.05, 0) is 5.92 Å². The van der Waals surface area contributed by atoms with Crippen LogP contribution >= 0.6 is 0 Å². The molecule has 0 aliphatic carbocycles. The van der Waals surface area contributed by atoms with E-state index in [-0.39, 0.29) is 12.1 Å². The van der Waals surface area contributed by atoms with Crippen LogP contribution in [0, 0.1) is 5.92 Å². The van der Waals surface area contributed by atoms with Crippen LogP contribution in [0.25, 0.3) is 0 Å². The van der Waals surface area contributed by atoms with Crippen LogP contribution in [0.3, 0.4) is 0 Å². The Balaban J connectivity index is 0.000000399. The smallest absolute Gasteiger partial charge is 0.475 e. The molecule has 1 rings (SSSR count). The summed E-state index contributed by atoms with van der Waals surface area (Å²) in [6.07, 6.45) is -4.11. The number of halogens is 3. The van der Waals surface area contributed by atoms with Crippen molar-refractivity contribution in [2.24, 2.45) is 11.7 Å². The third-order valence-electron chi connectivity index (χ3n) is 2.24. The van der Waals surface area contributed by atoms with Crippen LogP contribution in [0.2, 0.25) is 0 Å². The van der Waals surface area contributed by atoms with Gasteiger partial charge in [0.05, 0.1) is 6.04 Å². The maximum Gasteiger partial charge on any atom is 0.490 e. The van der Waals surface area contributed by atoms with Crippen molar-refractivity contribution in [1.82, 2.24) is 10.2 Å². The van der Waals surface area contributed by atoms with Crippen LogP contribution in [-0.2, 0) is 4.79 Å². The van der Waals surface area contributed by atoms with Crippen molar-refractivity contribution in [3.8, 4) is 0 Å². The summed E-state index contributed by atoms with van der Waals surface area (Å²) < 4.78 is 36.7. The largest absolute Gasteiger partial charge is 0.490 e. The monoisotopic (exact) mass is 284 g/mol. The lowest BCUT2D eigenvalue weighted by atomic mass is 10.0. The standard InChI is InChI=1S/C7H14N4O.C2HF3O2/c1-3-4(2)5(8)6-10-11-7(9)12-6;3-2(4,5)1(6)7/h4-5H,3,8H2,1-2H3,(H2,9,11);(H,6,7)/t4?,5-;/m0./s1. The molecular formula is C9H15F3N4O3. The number of anilines is 1. The van der Waals surface area contributed by atoms with Gasteiger partial charge in [-0.15, -0.1) is 5.10 Å². The van der Waals surface area contributed by atoms with Crippen LogP contribution in [0.1, 0.15) is 32.2 Å². The van der Waals surface area contributed by atoms with Crippen LogP contribution in [-0.4, -0.2) is 27.4 Å². The zero-order chi connectivity index (χ0) is 15.2. The van der Waals surface area contributed by atoms with E-state index in [2.05, 4.69) is 17.1 Å². The van der Waals surface area contributed by atoms with Crippen LogP contribution in [0.5, 0.6) is 0 Å². The Morgan fingerprint density at radius 3 is 2.21 bits per heavy atom. The van der Waals surface area contributed by atoms with Gasteiger partial charge in [0.25, 0.3) is 0 Å². The van der Waals surface area contributed by atoms with Gasteiger partial charge in [-0.2, -0.15) is 13.2 Å². The molecule has 10 heteroatoms. The molecule has 0 saturated carbocycles. The summed E-state index contributed by atoms with van der Waals surface area (Å²) in [5.74, 6) is -2.01. The van der Waals surface area contributed by atoms with Crippen LogP contribution in [0.15, 0.2) is 4.42 Å². The Morgan fingerprint density at radius 2 is 1.95 bits per heavy atom. The number of carboxylic acid groups (broad SMARTS) is 1. The average Bonchev–Trinajstić information content (AvgIpc) is 2.73. The molecule has 1 aromatic rings. The first-order chi connectivity index (χ1) is 8.59. The molecule has 5 N–H and O–H groups in total. The molecule has 0 bridgehead atoms. The van der Waals surface area contributed by atoms with Gasteiger partial charge in [-0.1, -0.05) is 25.4 Å². The van der Waals surface area contributed by atoms with Crippen LogP contribution in [0.4, 0.5) is 19.2 Å². The average molecular weight is 284 g/mol. The number of hydrogen-bond donors (Lipinski definition) is 3. The Kier molecular flexibility index (Phi) is 6.25. The van der Waals surface area contributed by atoms with Crippen molar-refractivity contribution in [3.05, 3.63) is 5.89 Å². The molecule has 110 valence electrons. The van der Waals surface area contributed by atoms with Crippen LogP contribution < -0.4 is 11.5 Å². The van der Waals surface area contributed by atoms with Gasteiger partial charge in [0.15, 0.2) is 0 Å². The Hall–Kier alpha value is -1.84. The number of hydrogen-bond acceptors (Lipinski definition) is 6. The lowest BCUT2D eigenvalue weighted by molar-refractivity contribution is -0.192. The molecule has 1 unspecified atom stereocenters. The van der Waals surface area contributed by atoms with Gasteiger partial charge < -0.3 is 21.0 Å². The second-order valence-corrected chi connectivity index (χ2v) is 3.69. The number of aromatic nitrogens is 2. The molecule has 0 aliphatic rings. The third kappa shape index (κ3) is 6.04. The van der Waals surface area contributed by atoms with Crippen molar-refractivity contribution in [3.63, 3.8) is 0 Å². The SMILES string of the molecule is CCC(C)[C@H](N)c1nnc(N)o1.O=C(O)C(F)(F)F. The number of aliphatic carboxylic acids is 1. The molecule has 0 fully saturated rings. The summed E-state index contributed by atoms with van der Waals surface area (Å²) in [7, 11) is 0. The summed E-state index contributed by atoms with van der Waals surface area (Å²) in [6.45, 7) is 4.09. The van der Waals surface area contributed by atoms with Gasteiger partial charge in [0.2, 0.25) is 5.89 Å². The van der Waals surface area contributed by atoms with E-state index in [1.807, 2.05) is 6.92 Å². The Bertz CT molecular complexity index is 408. The van der Waals surface area contributed by atoms with Crippen molar-refractivity contribution in [2.45, 2.75) is 32.5 Å². The van der Waals surface area contributed by atoms with Crippen molar-refractivity contribution < 1.29 is 27.5 Å². The molecule has 0 saturated heterocycles. The van der Waals surface area contributed by atoms with E-state index in [0.717, 1.165) is 6.42 Å². The molecule has 0 radical (unpaired) electrons. The number of carboxylic acids is 1. The number of nitrogens with zero attached hydrogens (tertiary/aromatic N) is 2. The molecule has 2 atom stereocenters. The zero-order valence-electron chi connectivity index (χ0n) is 10.3. The van der Waals surface area contributed by atoms with Crippen molar-refractivity contribution in [1.29, 1.82) is 0 Å². The normalized spacial score (nSPS) is 14.2. The first-order valence-electron chi connectivity index (χ1n) is 5.24. The maximum atomic E-state index is 10.6. The lowest BCUT2D eigenvalue weighted by Gasteiger charge is -2.13. The molecule has 1 heterocycles. The van der Waals surface area contributed by atoms with Gasteiger partial charge in [-0.3, -0.25) is 0 Å². The highest BCUT2D eigenvalue weighted by atomic mass is 19.4. The predicted molar refractivity (Wildman–Crippen MR) is 58.8 cm³/mol. The minimum atomic E-state index is -5.08. The summed E-state index contributed by atoms with van der Waals surface area (Å²) >= 11 is 0. The Morgan fingerprint density at radius 1 is 1.47 bits per heavy atom. The minimum absolute atomic E-state index is 0.0729.